The minimum Gasteiger partial charge on any atom is -0.395 e. The maximum absolute atomic E-state index is 13.9. The highest BCUT2D eigenvalue weighted by molar-refractivity contribution is 5.30. The van der Waals surface area contributed by atoms with Gasteiger partial charge in [-0.2, -0.15) is 0 Å². The Morgan fingerprint density at radius 2 is 1.53 bits per heavy atom. The van der Waals surface area contributed by atoms with Crippen molar-refractivity contribution in [3.63, 3.8) is 0 Å². The summed E-state index contributed by atoms with van der Waals surface area (Å²) in [4.78, 5) is 0. The van der Waals surface area contributed by atoms with Gasteiger partial charge in [-0.1, -0.05) is 43.3 Å². The van der Waals surface area contributed by atoms with E-state index in [4.69, 9.17) is 0 Å². The van der Waals surface area contributed by atoms with Crippen molar-refractivity contribution in [1.82, 2.24) is 0 Å². The third-order valence-corrected chi connectivity index (χ3v) is 3.41. The van der Waals surface area contributed by atoms with Crippen LogP contribution in [-0.2, 0) is 11.8 Å². The van der Waals surface area contributed by atoms with Crippen molar-refractivity contribution in [3.8, 4) is 0 Å². The fourth-order valence-corrected chi connectivity index (χ4v) is 2.25. The first-order valence-corrected chi connectivity index (χ1v) is 6.16. The standard InChI is InChI=1S/C16H16F2O/c1-16(11-19,13-7-3-5-9-15(13)18)10-12-6-2-4-8-14(12)17/h2-9,19H,10-11H2,1H3. The first-order valence-electron chi connectivity index (χ1n) is 6.16. The third kappa shape index (κ3) is 2.82. The minimum atomic E-state index is -0.840. The summed E-state index contributed by atoms with van der Waals surface area (Å²) in [6, 6.07) is 12.7. The van der Waals surface area contributed by atoms with Gasteiger partial charge in [0.25, 0.3) is 0 Å². The maximum atomic E-state index is 13.9. The summed E-state index contributed by atoms with van der Waals surface area (Å²) >= 11 is 0. The summed E-state index contributed by atoms with van der Waals surface area (Å²) in [5, 5.41) is 9.63. The van der Waals surface area contributed by atoms with Crippen molar-refractivity contribution in [3.05, 3.63) is 71.3 Å². The number of halogens is 2. The molecule has 0 bridgehead atoms. The average molecular weight is 262 g/mol. The summed E-state index contributed by atoms with van der Waals surface area (Å²) in [5.74, 6) is -0.714. The Bertz CT molecular complexity index is 568. The highest BCUT2D eigenvalue weighted by atomic mass is 19.1. The first-order chi connectivity index (χ1) is 9.07. The Labute approximate surface area is 111 Å². The molecule has 0 radical (unpaired) electrons. The van der Waals surface area contributed by atoms with Crippen LogP contribution in [0.5, 0.6) is 0 Å². The molecule has 0 heterocycles. The van der Waals surface area contributed by atoms with Gasteiger partial charge in [0.15, 0.2) is 0 Å². The van der Waals surface area contributed by atoms with Crippen LogP contribution in [0.25, 0.3) is 0 Å². The second kappa shape index (κ2) is 5.49. The van der Waals surface area contributed by atoms with Crippen LogP contribution in [-0.4, -0.2) is 11.7 Å². The second-order valence-corrected chi connectivity index (χ2v) is 4.97. The molecule has 0 aliphatic heterocycles. The topological polar surface area (TPSA) is 20.2 Å². The molecule has 19 heavy (non-hydrogen) atoms. The number of aliphatic hydroxyl groups excluding tert-OH is 1. The van der Waals surface area contributed by atoms with E-state index in [9.17, 15) is 13.9 Å². The monoisotopic (exact) mass is 262 g/mol. The lowest BCUT2D eigenvalue weighted by Gasteiger charge is -2.28. The van der Waals surface area contributed by atoms with Gasteiger partial charge >= 0.3 is 0 Å². The number of hydrogen-bond acceptors (Lipinski definition) is 1. The first kappa shape index (κ1) is 13.7. The lowest BCUT2D eigenvalue weighted by Crippen LogP contribution is -2.31. The normalized spacial score (nSPS) is 14.1. The molecule has 0 fully saturated rings. The lowest BCUT2D eigenvalue weighted by atomic mass is 9.77. The zero-order valence-corrected chi connectivity index (χ0v) is 10.7. The fourth-order valence-electron chi connectivity index (χ4n) is 2.25. The maximum Gasteiger partial charge on any atom is 0.127 e. The molecule has 0 spiro atoms. The molecule has 0 aliphatic rings. The van der Waals surface area contributed by atoms with Crippen LogP contribution in [0, 0.1) is 11.6 Å². The average Bonchev–Trinajstić information content (AvgIpc) is 2.42. The summed E-state index contributed by atoms with van der Waals surface area (Å²) < 4.78 is 27.6. The Kier molecular flexibility index (Phi) is 3.96. The van der Waals surface area contributed by atoms with Crippen LogP contribution >= 0.6 is 0 Å². The van der Waals surface area contributed by atoms with E-state index in [2.05, 4.69) is 0 Å². The smallest absolute Gasteiger partial charge is 0.127 e. The van der Waals surface area contributed by atoms with Crippen LogP contribution in [0.2, 0.25) is 0 Å². The van der Waals surface area contributed by atoms with E-state index < -0.39 is 5.41 Å². The Morgan fingerprint density at radius 3 is 2.11 bits per heavy atom. The van der Waals surface area contributed by atoms with Crippen molar-refractivity contribution in [1.29, 1.82) is 0 Å². The van der Waals surface area contributed by atoms with Gasteiger partial charge in [-0.3, -0.25) is 0 Å². The molecule has 1 unspecified atom stereocenters. The molecule has 1 nitrogen and oxygen atoms in total. The van der Waals surface area contributed by atoms with Gasteiger partial charge in [-0.05, 0) is 29.7 Å². The molecule has 3 heteroatoms. The molecule has 2 rings (SSSR count). The molecule has 0 aromatic heterocycles. The van der Waals surface area contributed by atoms with E-state index in [0.29, 0.717) is 11.1 Å². The van der Waals surface area contributed by atoms with Crippen molar-refractivity contribution in [2.45, 2.75) is 18.8 Å². The second-order valence-electron chi connectivity index (χ2n) is 4.97. The molecule has 0 amide bonds. The zero-order valence-electron chi connectivity index (χ0n) is 10.7. The molecular weight excluding hydrogens is 246 g/mol. The van der Waals surface area contributed by atoms with Gasteiger partial charge < -0.3 is 5.11 Å². The molecule has 0 saturated carbocycles. The van der Waals surface area contributed by atoms with E-state index in [1.807, 2.05) is 0 Å². The van der Waals surface area contributed by atoms with Crippen LogP contribution in [0.4, 0.5) is 8.78 Å². The Hall–Kier alpha value is -1.74. The summed E-state index contributed by atoms with van der Waals surface area (Å²) in [5.41, 5.74) is 0.0381. The number of benzene rings is 2. The molecule has 0 aliphatic carbocycles. The van der Waals surface area contributed by atoms with Crippen molar-refractivity contribution in [2.24, 2.45) is 0 Å². The van der Waals surface area contributed by atoms with E-state index in [0.717, 1.165) is 0 Å². The Balaban J connectivity index is 2.39. The van der Waals surface area contributed by atoms with E-state index in [-0.39, 0.29) is 24.7 Å². The number of aliphatic hydroxyl groups is 1. The summed E-state index contributed by atoms with van der Waals surface area (Å²) in [7, 11) is 0. The van der Waals surface area contributed by atoms with Gasteiger partial charge in [0.05, 0.1) is 6.61 Å². The fraction of sp³-hybridized carbons (Fsp3) is 0.250. The van der Waals surface area contributed by atoms with Gasteiger partial charge in [0, 0.05) is 5.41 Å². The lowest BCUT2D eigenvalue weighted by molar-refractivity contribution is 0.200. The van der Waals surface area contributed by atoms with Crippen LogP contribution in [0.3, 0.4) is 0 Å². The van der Waals surface area contributed by atoms with Crippen LogP contribution < -0.4 is 0 Å². The minimum absolute atomic E-state index is 0.247. The molecule has 1 N–H and O–H groups in total. The molecule has 0 saturated heterocycles. The largest absolute Gasteiger partial charge is 0.395 e. The molecule has 2 aromatic rings. The van der Waals surface area contributed by atoms with Gasteiger partial charge in [0.1, 0.15) is 11.6 Å². The van der Waals surface area contributed by atoms with Gasteiger partial charge in [0.2, 0.25) is 0 Å². The van der Waals surface area contributed by atoms with Crippen LogP contribution in [0.15, 0.2) is 48.5 Å². The molecule has 1 atom stereocenters. The molecule has 100 valence electrons. The summed E-state index contributed by atoms with van der Waals surface area (Å²) in [6.07, 6.45) is 0.247. The number of rotatable bonds is 4. The SMILES string of the molecule is CC(CO)(Cc1ccccc1F)c1ccccc1F. The number of hydrogen-bond donors (Lipinski definition) is 1. The summed E-state index contributed by atoms with van der Waals surface area (Å²) in [6.45, 7) is 1.49. The Morgan fingerprint density at radius 1 is 0.947 bits per heavy atom. The van der Waals surface area contributed by atoms with Crippen molar-refractivity contribution < 1.29 is 13.9 Å². The third-order valence-electron chi connectivity index (χ3n) is 3.41. The van der Waals surface area contributed by atoms with E-state index in [1.54, 1.807) is 43.3 Å². The highest BCUT2D eigenvalue weighted by Gasteiger charge is 2.29. The quantitative estimate of drug-likeness (QED) is 0.894. The predicted molar refractivity (Wildman–Crippen MR) is 70.9 cm³/mol. The zero-order chi connectivity index (χ0) is 13.9. The van der Waals surface area contributed by atoms with Crippen molar-refractivity contribution in [2.75, 3.05) is 6.61 Å². The van der Waals surface area contributed by atoms with E-state index >= 15 is 0 Å². The van der Waals surface area contributed by atoms with Gasteiger partial charge in [-0.25, -0.2) is 8.78 Å². The van der Waals surface area contributed by atoms with Crippen molar-refractivity contribution >= 4 is 0 Å². The predicted octanol–water partition coefficient (Wildman–Crippen LogP) is 3.46. The van der Waals surface area contributed by atoms with Gasteiger partial charge in [-0.15, -0.1) is 0 Å². The highest BCUT2D eigenvalue weighted by Crippen LogP contribution is 2.30. The molecular formula is C16H16F2O. The van der Waals surface area contributed by atoms with E-state index in [1.165, 1.54) is 12.1 Å². The van der Waals surface area contributed by atoms with Crippen LogP contribution in [0.1, 0.15) is 18.1 Å². The molecule has 2 aromatic carbocycles.